The van der Waals surface area contributed by atoms with Crippen molar-refractivity contribution in [2.45, 2.75) is 38.2 Å². The maximum atomic E-state index is 13.0. The van der Waals surface area contributed by atoms with Gasteiger partial charge in [-0.2, -0.15) is 23.1 Å². The lowest BCUT2D eigenvalue weighted by Crippen LogP contribution is -2.41. The number of hydrogen-bond acceptors (Lipinski definition) is 9. The van der Waals surface area contributed by atoms with Gasteiger partial charge in [-0.1, -0.05) is 17.3 Å². The average Bonchev–Trinajstić information content (AvgIpc) is 3.41. The van der Waals surface area contributed by atoms with E-state index in [1.807, 2.05) is 0 Å². The van der Waals surface area contributed by atoms with Crippen molar-refractivity contribution in [1.29, 1.82) is 0 Å². The summed E-state index contributed by atoms with van der Waals surface area (Å²) < 4.78 is 49.1. The van der Waals surface area contributed by atoms with Gasteiger partial charge in [-0.05, 0) is 32.0 Å². The molecule has 10 nitrogen and oxygen atoms in total. The van der Waals surface area contributed by atoms with E-state index >= 15 is 0 Å². The summed E-state index contributed by atoms with van der Waals surface area (Å²) in [7, 11) is 0. The van der Waals surface area contributed by atoms with Gasteiger partial charge in [0.2, 0.25) is 17.7 Å². The first-order chi connectivity index (χ1) is 15.6. The number of carbonyl (C=O) groups excluding carboxylic acids is 1. The fourth-order valence-corrected chi connectivity index (χ4v) is 3.23. The van der Waals surface area contributed by atoms with Crippen molar-refractivity contribution >= 4 is 17.9 Å². The number of nitrogens with zero attached hydrogens (tertiary/aromatic N) is 5. The second-order valence-corrected chi connectivity index (χ2v) is 7.39. The predicted octanol–water partition coefficient (Wildman–Crippen LogP) is 3.42. The summed E-state index contributed by atoms with van der Waals surface area (Å²) in [5, 5.41) is 16.6. The zero-order valence-electron chi connectivity index (χ0n) is 17.4. The van der Waals surface area contributed by atoms with E-state index in [0.717, 1.165) is 12.1 Å². The summed E-state index contributed by atoms with van der Waals surface area (Å²) in [6.45, 7) is 3.24. The molecule has 3 atom stereocenters. The van der Waals surface area contributed by atoms with Gasteiger partial charge in [0.05, 0.1) is 11.7 Å². The molecule has 1 aliphatic heterocycles. The maximum absolute atomic E-state index is 13.0. The number of aliphatic hydroxyl groups is 1. The van der Waals surface area contributed by atoms with Crippen LogP contribution in [0.4, 0.5) is 29.7 Å². The van der Waals surface area contributed by atoms with E-state index in [-0.39, 0.29) is 35.7 Å². The second kappa shape index (κ2) is 8.65. The zero-order valence-corrected chi connectivity index (χ0v) is 17.4. The van der Waals surface area contributed by atoms with E-state index in [1.54, 1.807) is 13.8 Å². The van der Waals surface area contributed by atoms with Gasteiger partial charge in [0.1, 0.15) is 24.5 Å². The normalized spacial score (nSPS) is 18.2. The number of anilines is 2. The van der Waals surface area contributed by atoms with Gasteiger partial charge in [-0.15, -0.1) is 0 Å². The van der Waals surface area contributed by atoms with Crippen molar-refractivity contribution in [3.63, 3.8) is 0 Å². The Labute approximate surface area is 185 Å². The van der Waals surface area contributed by atoms with Crippen molar-refractivity contribution in [3.8, 4) is 11.4 Å². The Kier molecular flexibility index (Phi) is 5.89. The van der Waals surface area contributed by atoms with Crippen LogP contribution in [-0.2, 0) is 10.9 Å². The number of ether oxygens (including phenoxy) is 1. The number of alkyl halides is 3. The number of nitrogens with one attached hydrogen (secondary N) is 1. The number of aliphatic hydroxyl groups excluding tert-OH is 1. The molecule has 1 amide bonds. The molecular formula is C20H19F3N6O4. The predicted molar refractivity (Wildman–Crippen MR) is 108 cm³/mol. The van der Waals surface area contributed by atoms with Gasteiger partial charge in [-0.3, -0.25) is 4.90 Å². The lowest BCUT2D eigenvalue weighted by atomic mass is 10.1. The van der Waals surface area contributed by atoms with Crippen molar-refractivity contribution in [2.24, 2.45) is 0 Å². The Morgan fingerprint density at radius 3 is 2.76 bits per heavy atom. The summed E-state index contributed by atoms with van der Waals surface area (Å²) in [4.78, 5) is 25.9. The van der Waals surface area contributed by atoms with Crippen LogP contribution in [0.25, 0.3) is 11.4 Å². The fourth-order valence-electron chi connectivity index (χ4n) is 3.23. The number of cyclic esters (lactones) is 1. The summed E-state index contributed by atoms with van der Waals surface area (Å²) in [5.41, 5.74) is -0.666. The monoisotopic (exact) mass is 464 g/mol. The van der Waals surface area contributed by atoms with Crippen molar-refractivity contribution in [1.82, 2.24) is 20.1 Å². The molecule has 0 radical (unpaired) electrons. The molecule has 3 heterocycles. The van der Waals surface area contributed by atoms with Crippen molar-refractivity contribution in [2.75, 3.05) is 16.8 Å². The number of aromatic nitrogens is 4. The van der Waals surface area contributed by atoms with Gasteiger partial charge < -0.3 is 19.7 Å². The highest BCUT2D eigenvalue weighted by Gasteiger charge is 2.38. The third-order valence-corrected chi connectivity index (χ3v) is 4.96. The van der Waals surface area contributed by atoms with Gasteiger partial charge in [-0.25, -0.2) is 9.78 Å². The van der Waals surface area contributed by atoms with Gasteiger partial charge in [0, 0.05) is 11.8 Å². The van der Waals surface area contributed by atoms with Crippen LogP contribution in [0.2, 0.25) is 0 Å². The standard InChI is InChI=1S/C20H19F3N6O4/c1-10(17-27-16(28-33-17)12-4-3-5-13(8-12)20(21,22)23)25-18-24-7-6-15(26-18)29-14(11(2)30)9-32-19(29)31/h3-8,10-11,14,30H,9H2,1-2H3,(H,24,25,26)/t10-,11-,14-/m1/s1. The molecule has 2 aromatic heterocycles. The molecule has 3 aromatic rings. The lowest BCUT2D eigenvalue weighted by Gasteiger charge is -2.22. The van der Waals surface area contributed by atoms with Crippen LogP contribution < -0.4 is 10.2 Å². The van der Waals surface area contributed by atoms with Crippen LogP contribution in [-0.4, -0.2) is 50.1 Å². The smallest absolute Gasteiger partial charge is 0.416 e. The van der Waals surface area contributed by atoms with Gasteiger partial charge in [0.25, 0.3) is 0 Å². The summed E-state index contributed by atoms with van der Waals surface area (Å²) in [6, 6.07) is 4.90. The van der Waals surface area contributed by atoms with E-state index in [1.165, 1.54) is 29.3 Å². The molecule has 0 spiro atoms. The minimum atomic E-state index is -4.49. The van der Waals surface area contributed by atoms with Crippen LogP contribution >= 0.6 is 0 Å². The molecule has 174 valence electrons. The molecule has 0 unspecified atom stereocenters. The molecule has 1 aromatic carbocycles. The molecule has 33 heavy (non-hydrogen) atoms. The summed E-state index contributed by atoms with van der Waals surface area (Å²) in [5.74, 6) is 0.448. The molecule has 1 saturated heterocycles. The number of rotatable bonds is 6. The number of hydrogen-bond donors (Lipinski definition) is 2. The number of benzene rings is 1. The van der Waals surface area contributed by atoms with E-state index in [9.17, 15) is 23.1 Å². The Morgan fingerprint density at radius 2 is 2.03 bits per heavy atom. The molecule has 2 N–H and O–H groups in total. The van der Waals surface area contributed by atoms with Crippen molar-refractivity contribution in [3.05, 3.63) is 48.0 Å². The molecule has 0 bridgehead atoms. The first kappa shape index (κ1) is 22.5. The Bertz CT molecular complexity index is 1150. The van der Waals surface area contributed by atoms with E-state index in [4.69, 9.17) is 9.26 Å². The Balaban J connectivity index is 1.51. The zero-order chi connectivity index (χ0) is 23.8. The average molecular weight is 464 g/mol. The summed E-state index contributed by atoms with van der Waals surface area (Å²) >= 11 is 0. The van der Waals surface area contributed by atoms with Crippen LogP contribution in [0.3, 0.4) is 0 Å². The fraction of sp³-hybridized carbons (Fsp3) is 0.350. The second-order valence-electron chi connectivity index (χ2n) is 7.39. The highest BCUT2D eigenvalue weighted by Crippen LogP contribution is 2.32. The molecule has 1 aliphatic rings. The molecule has 13 heteroatoms. The highest BCUT2D eigenvalue weighted by atomic mass is 19.4. The SMILES string of the molecule is C[C@@H](Nc1nccc(N2C(=O)OC[C@@H]2[C@@H](C)O)n1)c1nc(-c2cccc(C(F)(F)F)c2)no1. The Morgan fingerprint density at radius 1 is 1.24 bits per heavy atom. The molecule has 1 fully saturated rings. The first-order valence-electron chi connectivity index (χ1n) is 9.88. The first-order valence-corrected chi connectivity index (χ1v) is 9.88. The van der Waals surface area contributed by atoms with Crippen LogP contribution in [0.5, 0.6) is 0 Å². The van der Waals surface area contributed by atoms with Crippen LogP contribution in [0, 0.1) is 0 Å². The third kappa shape index (κ3) is 4.72. The van der Waals surface area contributed by atoms with Crippen LogP contribution in [0.15, 0.2) is 41.1 Å². The Hall–Kier alpha value is -3.74. The summed E-state index contributed by atoms with van der Waals surface area (Å²) in [6.07, 6.45) is -4.55. The van der Waals surface area contributed by atoms with Gasteiger partial charge >= 0.3 is 12.3 Å². The molecular weight excluding hydrogens is 445 g/mol. The highest BCUT2D eigenvalue weighted by molar-refractivity contribution is 5.89. The topological polar surface area (TPSA) is 127 Å². The van der Waals surface area contributed by atoms with Gasteiger partial charge in [0.15, 0.2) is 0 Å². The minimum absolute atomic E-state index is 0.000920. The largest absolute Gasteiger partial charge is 0.447 e. The van der Waals surface area contributed by atoms with Crippen molar-refractivity contribution < 1.29 is 32.3 Å². The van der Waals surface area contributed by atoms with E-state index in [0.29, 0.717) is 0 Å². The number of carbonyl (C=O) groups is 1. The minimum Gasteiger partial charge on any atom is -0.447 e. The molecule has 0 aliphatic carbocycles. The number of halogens is 3. The molecule has 4 rings (SSSR count). The maximum Gasteiger partial charge on any atom is 0.416 e. The number of amides is 1. The quantitative estimate of drug-likeness (QED) is 0.564. The van der Waals surface area contributed by atoms with E-state index < -0.39 is 36.0 Å². The van der Waals surface area contributed by atoms with Crippen LogP contribution in [0.1, 0.15) is 31.3 Å². The lowest BCUT2D eigenvalue weighted by molar-refractivity contribution is -0.137. The molecule has 0 saturated carbocycles. The van der Waals surface area contributed by atoms with E-state index in [2.05, 4.69) is 25.4 Å². The third-order valence-electron chi connectivity index (χ3n) is 4.96.